The van der Waals surface area contributed by atoms with Crippen LogP contribution in [-0.4, -0.2) is 23.9 Å². The third kappa shape index (κ3) is 3.39. The summed E-state index contributed by atoms with van der Waals surface area (Å²) in [5, 5.41) is 1.26. The van der Waals surface area contributed by atoms with Crippen molar-refractivity contribution in [2.45, 2.75) is 32.6 Å². The van der Waals surface area contributed by atoms with Crippen molar-refractivity contribution in [1.82, 2.24) is 4.90 Å². The average Bonchev–Trinajstić information content (AvgIpc) is 2.98. The van der Waals surface area contributed by atoms with Crippen molar-refractivity contribution >= 4 is 16.7 Å². The smallest absolute Gasteiger partial charge is 0.344 e. The third-order valence-electron chi connectivity index (χ3n) is 5.27. The second kappa shape index (κ2) is 7.39. The van der Waals surface area contributed by atoms with E-state index in [0.717, 1.165) is 42.2 Å². The minimum absolute atomic E-state index is 0.157. The van der Waals surface area contributed by atoms with Gasteiger partial charge in [0.15, 0.2) is 0 Å². The number of carbonyl (C=O) groups excluding carboxylic acids is 1. The Labute approximate surface area is 158 Å². The molecule has 0 N–H and O–H groups in total. The lowest BCUT2D eigenvalue weighted by molar-refractivity contribution is 0.0726. The molecular formula is C23H23NO3. The van der Waals surface area contributed by atoms with Crippen LogP contribution in [0.1, 0.15) is 41.8 Å². The minimum atomic E-state index is -0.459. The Bertz CT molecular complexity index is 1030. The largest absolute Gasteiger partial charge is 0.416 e. The summed E-state index contributed by atoms with van der Waals surface area (Å²) in [6, 6.07) is 15.3. The van der Waals surface area contributed by atoms with Crippen LogP contribution in [0, 0.1) is 6.92 Å². The number of hydrogen-bond acceptors (Lipinski definition) is 3. The van der Waals surface area contributed by atoms with Crippen molar-refractivity contribution in [3.63, 3.8) is 0 Å². The zero-order chi connectivity index (χ0) is 18.8. The maximum atomic E-state index is 13.3. The van der Waals surface area contributed by atoms with Gasteiger partial charge in [0.2, 0.25) is 5.76 Å². The molecule has 4 nitrogen and oxygen atoms in total. The summed E-state index contributed by atoms with van der Waals surface area (Å²) in [6.45, 7) is 3.45. The number of aryl methyl sites for hydroxylation is 1. The van der Waals surface area contributed by atoms with E-state index in [0.29, 0.717) is 24.0 Å². The number of hydrogen-bond donors (Lipinski definition) is 0. The van der Waals surface area contributed by atoms with E-state index in [1.54, 1.807) is 6.07 Å². The lowest BCUT2D eigenvalue weighted by Gasteiger charge is -2.21. The van der Waals surface area contributed by atoms with Gasteiger partial charge in [0, 0.05) is 24.0 Å². The van der Waals surface area contributed by atoms with Crippen molar-refractivity contribution in [1.29, 1.82) is 0 Å². The topological polar surface area (TPSA) is 50.5 Å². The van der Waals surface area contributed by atoms with Crippen molar-refractivity contribution in [2.24, 2.45) is 0 Å². The first-order chi connectivity index (χ1) is 13.1. The summed E-state index contributed by atoms with van der Waals surface area (Å²) >= 11 is 0. The zero-order valence-corrected chi connectivity index (χ0v) is 15.5. The van der Waals surface area contributed by atoms with Gasteiger partial charge >= 0.3 is 5.63 Å². The summed E-state index contributed by atoms with van der Waals surface area (Å²) in [6.07, 6.45) is 4.25. The summed E-state index contributed by atoms with van der Waals surface area (Å²) in [7, 11) is 0. The zero-order valence-electron chi connectivity index (χ0n) is 15.5. The van der Waals surface area contributed by atoms with Gasteiger partial charge in [0.25, 0.3) is 5.91 Å². The molecule has 1 saturated heterocycles. The number of likely N-dealkylation sites (tertiary alicyclic amines) is 1. The summed E-state index contributed by atoms with van der Waals surface area (Å²) in [5.74, 6) is -0.0280. The molecule has 0 spiro atoms. The molecule has 138 valence electrons. The van der Waals surface area contributed by atoms with E-state index in [1.807, 2.05) is 54.3 Å². The molecule has 3 aromatic rings. The molecule has 0 radical (unpaired) electrons. The molecule has 4 heteroatoms. The summed E-state index contributed by atoms with van der Waals surface area (Å²) in [4.78, 5) is 27.7. The summed E-state index contributed by atoms with van der Waals surface area (Å²) < 4.78 is 5.62. The number of amides is 1. The van der Waals surface area contributed by atoms with Gasteiger partial charge in [-0.05, 0) is 31.4 Å². The SMILES string of the molecule is Cc1ccc(-c2c(C(=O)N3CCCCCC3)oc(=O)c3ccccc23)cc1. The molecule has 0 saturated carbocycles. The number of nitrogens with zero attached hydrogens (tertiary/aromatic N) is 1. The van der Waals surface area contributed by atoms with E-state index in [9.17, 15) is 9.59 Å². The van der Waals surface area contributed by atoms with E-state index in [1.165, 1.54) is 0 Å². The fourth-order valence-electron chi connectivity index (χ4n) is 3.77. The van der Waals surface area contributed by atoms with Gasteiger partial charge in [-0.25, -0.2) is 4.79 Å². The monoisotopic (exact) mass is 361 g/mol. The molecule has 2 heterocycles. The fourth-order valence-corrected chi connectivity index (χ4v) is 3.77. The number of benzene rings is 2. The standard InChI is InChI=1S/C23H23NO3/c1-16-10-12-17(13-11-16)20-18-8-4-5-9-19(18)23(26)27-21(20)22(25)24-14-6-2-3-7-15-24/h4-5,8-13H,2-3,6-7,14-15H2,1H3. The Hall–Kier alpha value is -2.88. The highest BCUT2D eigenvalue weighted by Gasteiger charge is 2.26. The van der Waals surface area contributed by atoms with Crippen LogP contribution in [0.25, 0.3) is 21.9 Å². The van der Waals surface area contributed by atoms with Crippen LogP contribution in [0.3, 0.4) is 0 Å². The van der Waals surface area contributed by atoms with E-state index >= 15 is 0 Å². The second-order valence-corrected chi connectivity index (χ2v) is 7.21. The third-order valence-corrected chi connectivity index (χ3v) is 5.27. The number of fused-ring (bicyclic) bond motifs is 1. The highest BCUT2D eigenvalue weighted by Crippen LogP contribution is 2.32. The Morgan fingerprint density at radius 1 is 0.889 bits per heavy atom. The van der Waals surface area contributed by atoms with Gasteiger partial charge < -0.3 is 9.32 Å². The van der Waals surface area contributed by atoms with E-state index in [2.05, 4.69) is 0 Å². The number of carbonyl (C=O) groups is 1. The van der Waals surface area contributed by atoms with Crippen LogP contribution in [-0.2, 0) is 0 Å². The molecule has 0 atom stereocenters. The van der Waals surface area contributed by atoms with E-state index in [-0.39, 0.29) is 11.7 Å². The summed E-state index contributed by atoms with van der Waals surface area (Å²) in [5.41, 5.74) is 2.28. The predicted molar refractivity (Wildman–Crippen MR) is 107 cm³/mol. The molecular weight excluding hydrogens is 338 g/mol. The Kier molecular flexibility index (Phi) is 4.80. The maximum Gasteiger partial charge on any atom is 0.344 e. The molecule has 4 rings (SSSR count). The predicted octanol–water partition coefficient (Wildman–Crippen LogP) is 4.78. The lowest BCUT2D eigenvalue weighted by Crippen LogP contribution is -2.32. The van der Waals surface area contributed by atoms with Crippen molar-refractivity contribution in [2.75, 3.05) is 13.1 Å². The molecule has 1 aliphatic rings. The Morgan fingerprint density at radius 2 is 1.52 bits per heavy atom. The maximum absolute atomic E-state index is 13.3. The van der Waals surface area contributed by atoms with Gasteiger partial charge in [0.05, 0.1) is 5.39 Å². The van der Waals surface area contributed by atoms with Crippen LogP contribution in [0.2, 0.25) is 0 Å². The van der Waals surface area contributed by atoms with Crippen LogP contribution in [0.15, 0.2) is 57.7 Å². The normalized spacial score (nSPS) is 14.9. The molecule has 0 bridgehead atoms. The molecule has 2 aromatic carbocycles. The molecule has 0 unspecified atom stereocenters. The lowest BCUT2D eigenvalue weighted by atomic mass is 9.97. The Morgan fingerprint density at radius 3 is 2.19 bits per heavy atom. The molecule has 0 aliphatic carbocycles. The van der Waals surface area contributed by atoms with Crippen LogP contribution in [0.4, 0.5) is 0 Å². The molecule has 1 fully saturated rings. The molecule has 1 amide bonds. The van der Waals surface area contributed by atoms with Gasteiger partial charge in [-0.15, -0.1) is 0 Å². The second-order valence-electron chi connectivity index (χ2n) is 7.21. The number of rotatable bonds is 2. The minimum Gasteiger partial charge on any atom is -0.416 e. The van der Waals surface area contributed by atoms with E-state index < -0.39 is 5.63 Å². The quantitative estimate of drug-likeness (QED) is 0.660. The van der Waals surface area contributed by atoms with Gasteiger partial charge in [-0.3, -0.25) is 4.79 Å². The van der Waals surface area contributed by atoms with Gasteiger partial charge in [0.1, 0.15) is 0 Å². The molecule has 27 heavy (non-hydrogen) atoms. The first-order valence-electron chi connectivity index (χ1n) is 9.57. The van der Waals surface area contributed by atoms with Crippen molar-refractivity contribution < 1.29 is 9.21 Å². The fraction of sp³-hybridized carbons (Fsp3) is 0.304. The average molecular weight is 361 g/mol. The van der Waals surface area contributed by atoms with Crippen LogP contribution < -0.4 is 5.63 Å². The molecule has 1 aromatic heterocycles. The van der Waals surface area contributed by atoms with Crippen molar-refractivity contribution in [3.8, 4) is 11.1 Å². The van der Waals surface area contributed by atoms with Crippen LogP contribution in [0.5, 0.6) is 0 Å². The Balaban J connectivity index is 1.93. The highest BCUT2D eigenvalue weighted by atomic mass is 16.4. The van der Waals surface area contributed by atoms with E-state index in [4.69, 9.17) is 4.42 Å². The van der Waals surface area contributed by atoms with Gasteiger partial charge in [-0.1, -0.05) is 60.9 Å². The highest BCUT2D eigenvalue weighted by molar-refractivity contribution is 6.07. The first kappa shape index (κ1) is 17.5. The first-order valence-corrected chi connectivity index (χ1v) is 9.57. The van der Waals surface area contributed by atoms with Crippen LogP contribution >= 0.6 is 0 Å². The van der Waals surface area contributed by atoms with Crippen molar-refractivity contribution in [3.05, 3.63) is 70.3 Å². The molecule has 1 aliphatic heterocycles. The van der Waals surface area contributed by atoms with Gasteiger partial charge in [-0.2, -0.15) is 0 Å².